The van der Waals surface area contributed by atoms with Crippen LogP contribution in [0.15, 0.2) is 4.47 Å². The van der Waals surface area contributed by atoms with Crippen molar-refractivity contribution in [3.05, 3.63) is 10.2 Å². The minimum Gasteiger partial charge on any atom is -0.461 e. The molecule has 0 fully saturated rings. The van der Waals surface area contributed by atoms with Crippen molar-refractivity contribution in [3.8, 4) is 0 Å². The van der Waals surface area contributed by atoms with Crippen LogP contribution in [0.5, 0.6) is 0 Å². The van der Waals surface area contributed by atoms with Gasteiger partial charge < -0.3 is 10.5 Å². The number of halogens is 4. The molecule has 9 heteroatoms. The number of nitrogens with two attached hydrogens (primary N) is 1. The molecular formula is C8H9BrF3N3O2. The minimum absolute atomic E-state index is 0.000185. The van der Waals surface area contributed by atoms with Crippen molar-refractivity contribution >= 4 is 27.7 Å². The van der Waals surface area contributed by atoms with Crippen LogP contribution in [-0.4, -0.2) is 28.5 Å². The van der Waals surface area contributed by atoms with Gasteiger partial charge in [0.05, 0.1) is 11.1 Å². The molecule has 0 aliphatic heterocycles. The van der Waals surface area contributed by atoms with Gasteiger partial charge in [0.2, 0.25) is 0 Å². The predicted molar refractivity (Wildman–Crippen MR) is 56.4 cm³/mol. The van der Waals surface area contributed by atoms with E-state index >= 15 is 0 Å². The molecule has 0 atom stereocenters. The Labute approximate surface area is 103 Å². The zero-order valence-electron chi connectivity index (χ0n) is 8.71. The molecule has 1 heterocycles. The Hall–Kier alpha value is -1.25. The van der Waals surface area contributed by atoms with Crippen molar-refractivity contribution in [3.63, 3.8) is 0 Å². The van der Waals surface area contributed by atoms with Gasteiger partial charge in [-0.05, 0) is 22.9 Å². The number of esters is 1. The highest BCUT2D eigenvalue weighted by Crippen LogP contribution is 2.27. The molecule has 1 rings (SSSR count). The maximum Gasteiger partial charge on any atom is 0.408 e. The summed E-state index contributed by atoms with van der Waals surface area (Å²) in [4.78, 5) is 11.3. The lowest BCUT2D eigenvalue weighted by atomic mass is 10.4. The van der Waals surface area contributed by atoms with Gasteiger partial charge in [0.15, 0.2) is 5.69 Å². The van der Waals surface area contributed by atoms with Crippen LogP contribution in [0.1, 0.15) is 17.4 Å². The fourth-order valence-corrected chi connectivity index (χ4v) is 1.52. The number of hydrogen-bond donors (Lipinski definition) is 1. The van der Waals surface area contributed by atoms with Gasteiger partial charge in [0.1, 0.15) is 12.4 Å². The number of carbonyl (C=O) groups excluding carboxylic acids is 1. The largest absolute Gasteiger partial charge is 0.461 e. The van der Waals surface area contributed by atoms with Crippen LogP contribution in [0.3, 0.4) is 0 Å². The molecule has 0 spiro atoms. The second-order valence-corrected chi connectivity index (χ2v) is 3.83. The number of anilines is 1. The molecule has 5 nitrogen and oxygen atoms in total. The molecule has 0 bridgehead atoms. The summed E-state index contributed by atoms with van der Waals surface area (Å²) in [5, 5.41) is 3.46. The van der Waals surface area contributed by atoms with E-state index < -0.39 is 18.7 Å². The van der Waals surface area contributed by atoms with Crippen molar-refractivity contribution in [1.29, 1.82) is 0 Å². The first kappa shape index (κ1) is 13.8. The van der Waals surface area contributed by atoms with Gasteiger partial charge in [0, 0.05) is 0 Å². The monoisotopic (exact) mass is 315 g/mol. The smallest absolute Gasteiger partial charge is 0.408 e. The van der Waals surface area contributed by atoms with E-state index in [1.165, 1.54) is 0 Å². The number of nitrogen functional groups attached to an aromatic ring is 1. The fraction of sp³-hybridized carbons (Fsp3) is 0.500. The molecular weight excluding hydrogens is 307 g/mol. The maximum absolute atomic E-state index is 12.2. The number of nitrogens with zero attached hydrogens (tertiary/aromatic N) is 2. The van der Waals surface area contributed by atoms with Crippen molar-refractivity contribution in [2.45, 2.75) is 19.6 Å². The summed E-state index contributed by atoms with van der Waals surface area (Å²) in [6.45, 7) is 0.302. The van der Waals surface area contributed by atoms with Crippen LogP contribution >= 0.6 is 15.9 Å². The van der Waals surface area contributed by atoms with Crippen LogP contribution in [0.2, 0.25) is 0 Å². The molecule has 2 N–H and O–H groups in total. The van der Waals surface area contributed by atoms with E-state index in [1.807, 2.05) is 0 Å². The molecule has 17 heavy (non-hydrogen) atoms. The summed E-state index contributed by atoms with van der Waals surface area (Å²) in [7, 11) is 0. The van der Waals surface area contributed by atoms with Crippen LogP contribution in [0.4, 0.5) is 19.0 Å². The average molecular weight is 316 g/mol. The average Bonchev–Trinajstić information content (AvgIpc) is 2.44. The summed E-state index contributed by atoms with van der Waals surface area (Å²) in [5.41, 5.74) is 5.12. The van der Waals surface area contributed by atoms with E-state index in [9.17, 15) is 18.0 Å². The maximum atomic E-state index is 12.2. The van der Waals surface area contributed by atoms with Gasteiger partial charge in [-0.25, -0.2) is 9.48 Å². The Morgan fingerprint density at radius 3 is 2.65 bits per heavy atom. The van der Waals surface area contributed by atoms with Crippen molar-refractivity contribution in [2.24, 2.45) is 0 Å². The number of rotatable bonds is 3. The molecule has 0 aliphatic rings. The second kappa shape index (κ2) is 4.94. The summed E-state index contributed by atoms with van der Waals surface area (Å²) < 4.78 is 41.6. The Bertz CT molecular complexity index is 430. The lowest BCUT2D eigenvalue weighted by Gasteiger charge is -2.07. The molecule has 0 saturated carbocycles. The van der Waals surface area contributed by atoms with Crippen molar-refractivity contribution < 1.29 is 22.7 Å². The Morgan fingerprint density at radius 1 is 1.59 bits per heavy atom. The van der Waals surface area contributed by atoms with E-state index in [1.54, 1.807) is 6.92 Å². The van der Waals surface area contributed by atoms with Crippen LogP contribution in [-0.2, 0) is 11.3 Å². The van der Waals surface area contributed by atoms with E-state index in [0.717, 1.165) is 0 Å². The molecule has 0 saturated heterocycles. The van der Waals surface area contributed by atoms with Crippen LogP contribution in [0, 0.1) is 0 Å². The number of hydrogen-bond acceptors (Lipinski definition) is 4. The zero-order valence-corrected chi connectivity index (χ0v) is 10.3. The molecule has 1 aromatic heterocycles. The standard InChI is InChI=1S/C8H9BrF3N3O2/c1-2-17-7(16)5-4(9)6(13)15(14-5)3-8(10,11)12/h2-3,13H2,1H3. The highest BCUT2D eigenvalue weighted by Gasteiger charge is 2.31. The number of carbonyl (C=O) groups is 1. The number of aromatic nitrogens is 2. The lowest BCUT2D eigenvalue weighted by molar-refractivity contribution is -0.142. The van der Waals surface area contributed by atoms with Crippen molar-refractivity contribution in [1.82, 2.24) is 9.78 Å². The predicted octanol–water partition coefficient (Wildman–Crippen LogP) is 1.97. The van der Waals surface area contributed by atoms with Gasteiger partial charge in [-0.1, -0.05) is 0 Å². The molecule has 0 radical (unpaired) electrons. The van der Waals surface area contributed by atoms with E-state index in [-0.39, 0.29) is 22.6 Å². The number of alkyl halides is 3. The van der Waals surface area contributed by atoms with E-state index in [4.69, 9.17) is 5.73 Å². The second-order valence-electron chi connectivity index (χ2n) is 3.04. The fourth-order valence-electron chi connectivity index (χ4n) is 1.07. The Balaban J connectivity index is 3.04. The third kappa shape index (κ3) is 3.35. The molecule has 1 aromatic rings. The van der Waals surface area contributed by atoms with Gasteiger partial charge >= 0.3 is 12.1 Å². The van der Waals surface area contributed by atoms with Gasteiger partial charge in [-0.15, -0.1) is 0 Å². The summed E-state index contributed by atoms with van der Waals surface area (Å²) in [5.74, 6) is -1.10. The van der Waals surface area contributed by atoms with Crippen molar-refractivity contribution in [2.75, 3.05) is 12.3 Å². The minimum atomic E-state index is -4.47. The first-order valence-corrected chi connectivity index (χ1v) is 5.31. The molecule has 0 aromatic carbocycles. The first-order chi connectivity index (χ1) is 7.76. The van der Waals surface area contributed by atoms with Gasteiger partial charge in [0.25, 0.3) is 0 Å². The summed E-state index contributed by atoms with van der Waals surface area (Å²) in [6, 6.07) is 0. The van der Waals surface area contributed by atoms with E-state index in [2.05, 4.69) is 25.8 Å². The summed E-state index contributed by atoms with van der Waals surface area (Å²) in [6.07, 6.45) is -4.47. The summed E-state index contributed by atoms with van der Waals surface area (Å²) >= 11 is 2.90. The third-order valence-corrected chi connectivity index (χ3v) is 2.51. The van der Waals surface area contributed by atoms with Crippen LogP contribution in [0.25, 0.3) is 0 Å². The lowest BCUT2D eigenvalue weighted by Crippen LogP contribution is -2.20. The third-order valence-electron chi connectivity index (χ3n) is 1.73. The molecule has 0 unspecified atom stereocenters. The van der Waals surface area contributed by atoms with Crippen LogP contribution < -0.4 is 5.73 Å². The highest BCUT2D eigenvalue weighted by molar-refractivity contribution is 9.10. The topological polar surface area (TPSA) is 70.1 Å². The van der Waals surface area contributed by atoms with Gasteiger partial charge in [-0.3, -0.25) is 0 Å². The number of ether oxygens (including phenoxy) is 1. The molecule has 0 aliphatic carbocycles. The molecule has 0 amide bonds. The molecule has 96 valence electrons. The first-order valence-electron chi connectivity index (χ1n) is 4.52. The normalized spacial score (nSPS) is 11.6. The Kier molecular flexibility index (Phi) is 4.02. The SMILES string of the molecule is CCOC(=O)c1nn(CC(F)(F)F)c(N)c1Br. The quantitative estimate of drug-likeness (QED) is 0.866. The Morgan fingerprint density at radius 2 is 2.18 bits per heavy atom. The highest BCUT2D eigenvalue weighted by atomic mass is 79.9. The van der Waals surface area contributed by atoms with E-state index in [0.29, 0.717) is 4.68 Å². The zero-order chi connectivity index (χ0) is 13.2. The van der Waals surface area contributed by atoms with Gasteiger partial charge in [-0.2, -0.15) is 18.3 Å².